The zero-order valence-electron chi connectivity index (χ0n) is 18.4. The van der Waals surface area contributed by atoms with Crippen LogP contribution in [0.2, 0.25) is 0 Å². The van der Waals surface area contributed by atoms with E-state index in [4.69, 9.17) is 4.74 Å². The minimum atomic E-state index is -1.13. The quantitative estimate of drug-likeness (QED) is 0.631. The second kappa shape index (κ2) is 10.3. The van der Waals surface area contributed by atoms with Crippen LogP contribution in [-0.4, -0.2) is 58.6 Å². The number of carbonyl (C=O) groups excluding carboxylic acids is 3. The molecule has 1 saturated heterocycles. The van der Waals surface area contributed by atoms with E-state index in [0.717, 1.165) is 0 Å². The van der Waals surface area contributed by atoms with Gasteiger partial charge in [-0.1, -0.05) is 30.3 Å². The molecule has 0 aliphatic carbocycles. The fourth-order valence-corrected chi connectivity index (χ4v) is 3.38. The molecule has 1 aromatic rings. The summed E-state index contributed by atoms with van der Waals surface area (Å²) >= 11 is 0. The summed E-state index contributed by atoms with van der Waals surface area (Å²) in [5.41, 5.74) is -0.162. The summed E-state index contributed by atoms with van der Waals surface area (Å²) in [6.45, 7) is 7.49. The lowest BCUT2D eigenvalue weighted by Crippen LogP contribution is -2.51. The highest BCUT2D eigenvalue weighted by molar-refractivity contribution is 5.87. The molecule has 1 aromatic carbocycles. The van der Waals surface area contributed by atoms with Crippen LogP contribution in [0.15, 0.2) is 30.3 Å². The van der Waals surface area contributed by atoms with E-state index < -0.39 is 29.7 Å². The minimum absolute atomic E-state index is 0.252. The average molecular weight is 434 g/mol. The van der Waals surface area contributed by atoms with Crippen molar-refractivity contribution in [2.24, 2.45) is 5.92 Å². The molecule has 9 nitrogen and oxygen atoms in total. The molecule has 2 atom stereocenters. The Balaban J connectivity index is 1.87. The number of hydrogen-bond donors (Lipinski definition) is 3. The third kappa shape index (κ3) is 7.27. The zero-order valence-corrected chi connectivity index (χ0v) is 18.4. The van der Waals surface area contributed by atoms with Gasteiger partial charge in [0.15, 0.2) is 6.04 Å². The van der Waals surface area contributed by atoms with Crippen molar-refractivity contribution in [3.8, 4) is 0 Å². The van der Waals surface area contributed by atoms with Gasteiger partial charge in [0.05, 0.1) is 0 Å². The van der Waals surface area contributed by atoms with E-state index in [1.807, 2.05) is 0 Å². The Bertz CT molecular complexity index is 797. The van der Waals surface area contributed by atoms with Crippen LogP contribution in [0, 0.1) is 5.92 Å². The van der Waals surface area contributed by atoms with Crippen LogP contribution < -0.4 is 10.6 Å². The first kappa shape index (κ1) is 24.2. The fraction of sp³-hybridized carbons (Fsp3) is 0.545. The van der Waals surface area contributed by atoms with Gasteiger partial charge < -0.3 is 25.4 Å². The van der Waals surface area contributed by atoms with E-state index in [-0.39, 0.29) is 17.7 Å². The van der Waals surface area contributed by atoms with Gasteiger partial charge in [-0.15, -0.1) is 0 Å². The highest BCUT2D eigenvalue weighted by Crippen LogP contribution is 2.21. The lowest BCUT2D eigenvalue weighted by atomic mass is 9.94. The van der Waals surface area contributed by atoms with Crippen LogP contribution in [0.3, 0.4) is 0 Å². The number of carboxylic acid groups (broad SMARTS) is 1. The van der Waals surface area contributed by atoms with Crippen molar-refractivity contribution in [1.82, 2.24) is 15.5 Å². The summed E-state index contributed by atoms with van der Waals surface area (Å²) in [7, 11) is 0. The number of ether oxygens (including phenoxy) is 1. The summed E-state index contributed by atoms with van der Waals surface area (Å²) in [4.78, 5) is 50.3. The predicted octanol–water partition coefficient (Wildman–Crippen LogP) is 2.08. The summed E-state index contributed by atoms with van der Waals surface area (Å²) in [6.07, 6.45) is 0.165. The van der Waals surface area contributed by atoms with Gasteiger partial charge in [-0.2, -0.15) is 0 Å². The van der Waals surface area contributed by atoms with Crippen LogP contribution in [0.4, 0.5) is 4.79 Å². The number of aliphatic carboxylic acids is 1. The number of nitrogens with one attached hydrogen (secondary N) is 2. The van der Waals surface area contributed by atoms with Crippen molar-refractivity contribution in [2.45, 2.75) is 58.2 Å². The molecule has 9 heteroatoms. The van der Waals surface area contributed by atoms with Gasteiger partial charge >= 0.3 is 12.1 Å². The highest BCUT2D eigenvalue weighted by atomic mass is 16.6. The number of likely N-dealkylation sites (tertiary alicyclic amines) is 1. The Labute approximate surface area is 182 Å². The third-order valence-corrected chi connectivity index (χ3v) is 4.95. The van der Waals surface area contributed by atoms with Crippen LogP contribution in [0.5, 0.6) is 0 Å². The molecule has 3 amide bonds. The van der Waals surface area contributed by atoms with E-state index in [1.165, 1.54) is 0 Å². The predicted molar refractivity (Wildman–Crippen MR) is 113 cm³/mol. The Morgan fingerprint density at radius 3 is 2.16 bits per heavy atom. The zero-order chi connectivity index (χ0) is 23.2. The molecule has 2 unspecified atom stereocenters. The molecule has 1 fully saturated rings. The number of alkyl carbamates (subject to hydrolysis) is 1. The van der Waals surface area contributed by atoms with Gasteiger partial charge in [-0.05, 0) is 46.1 Å². The monoisotopic (exact) mass is 433 g/mol. The number of amides is 3. The molecule has 2 rings (SSSR count). The summed E-state index contributed by atoms with van der Waals surface area (Å²) in [5.74, 6) is -2.11. The molecule has 1 heterocycles. The number of piperidine rings is 1. The smallest absolute Gasteiger partial charge is 0.408 e. The lowest BCUT2D eigenvalue weighted by Gasteiger charge is -2.33. The Kier molecular flexibility index (Phi) is 8.01. The maximum atomic E-state index is 12.6. The number of carbonyl (C=O) groups is 4. The van der Waals surface area contributed by atoms with Gasteiger partial charge in [-0.25, -0.2) is 9.59 Å². The van der Waals surface area contributed by atoms with Crippen molar-refractivity contribution in [2.75, 3.05) is 13.1 Å². The number of carboxylic acids is 1. The van der Waals surface area contributed by atoms with Crippen molar-refractivity contribution in [3.63, 3.8) is 0 Å². The first-order valence-corrected chi connectivity index (χ1v) is 10.3. The normalized spacial score (nSPS) is 16.7. The lowest BCUT2D eigenvalue weighted by molar-refractivity contribution is -0.143. The minimum Gasteiger partial charge on any atom is -0.479 e. The molecule has 0 spiro atoms. The van der Waals surface area contributed by atoms with Gasteiger partial charge in [0.2, 0.25) is 11.8 Å². The van der Waals surface area contributed by atoms with Gasteiger partial charge in [0, 0.05) is 19.0 Å². The largest absolute Gasteiger partial charge is 0.479 e. The van der Waals surface area contributed by atoms with E-state index >= 15 is 0 Å². The SMILES string of the molecule is CC(NC(=O)OC(C)(C)C)C(=O)N1CCC(C(=O)NC(C(=O)O)c2ccccc2)CC1. The second-order valence-corrected chi connectivity index (χ2v) is 8.66. The van der Waals surface area contributed by atoms with Crippen LogP contribution in [0.1, 0.15) is 52.1 Å². The molecule has 0 aromatic heterocycles. The molecule has 170 valence electrons. The fourth-order valence-electron chi connectivity index (χ4n) is 3.38. The van der Waals surface area contributed by atoms with E-state index in [2.05, 4.69) is 10.6 Å². The second-order valence-electron chi connectivity index (χ2n) is 8.66. The maximum absolute atomic E-state index is 12.6. The van der Waals surface area contributed by atoms with Crippen LogP contribution in [-0.2, 0) is 19.1 Å². The van der Waals surface area contributed by atoms with Gasteiger partial charge in [-0.3, -0.25) is 9.59 Å². The third-order valence-electron chi connectivity index (χ3n) is 4.95. The molecule has 0 bridgehead atoms. The summed E-state index contributed by atoms with van der Waals surface area (Å²) in [6, 6.07) is 6.64. The van der Waals surface area contributed by atoms with Gasteiger partial charge in [0.25, 0.3) is 0 Å². The number of benzene rings is 1. The summed E-state index contributed by atoms with van der Waals surface area (Å²) in [5, 5.41) is 14.6. The number of hydrogen-bond acceptors (Lipinski definition) is 5. The van der Waals surface area contributed by atoms with Crippen molar-refractivity contribution < 1.29 is 29.0 Å². The molecule has 1 aliphatic heterocycles. The maximum Gasteiger partial charge on any atom is 0.408 e. The van der Waals surface area contributed by atoms with Crippen LogP contribution in [0.25, 0.3) is 0 Å². The van der Waals surface area contributed by atoms with E-state index in [0.29, 0.717) is 31.5 Å². The van der Waals surface area contributed by atoms with E-state index in [9.17, 15) is 24.3 Å². The Hall–Kier alpha value is -3.10. The van der Waals surface area contributed by atoms with E-state index in [1.54, 1.807) is 62.9 Å². The first-order chi connectivity index (χ1) is 14.5. The molecular formula is C22H31N3O6. The topological polar surface area (TPSA) is 125 Å². The highest BCUT2D eigenvalue weighted by Gasteiger charge is 2.32. The van der Waals surface area contributed by atoms with Gasteiger partial charge in [0.1, 0.15) is 11.6 Å². The average Bonchev–Trinajstić information content (AvgIpc) is 2.70. The number of rotatable bonds is 6. The molecule has 3 N–H and O–H groups in total. The molecule has 0 radical (unpaired) electrons. The van der Waals surface area contributed by atoms with Crippen molar-refractivity contribution in [1.29, 1.82) is 0 Å². The molecule has 31 heavy (non-hydrogen) atoms. The summed E-state index contributed by atoms with van der Waals surface area (Å²) < 4.78 is 5.17. The first-order valence-electron chi connectivity index (χ1n) is 10.3. The molecular weight excluding hydrogens is 402 g/mol. The van der Waals surface area contributed by atoms with Crippen LogP contribution >= 0.6 is 0 Å². The van der Waals surface area contributed by atoms with Crippen molar-refractivity contribution in [3.05, 3.63) is 35.9 Å². The standard InChI is InChI=1S/C22H31N3O6/c1-14(23-21(30)31-22(2,3)4)19(27)25-12-10-16(11-13-25)18(26)24-17(20(28)29)15-8-6-5-7-9-15/h5-9,14,16-17H,10-13H2,1-4H3,(H,23,30)(H,24,26)(H,28,29). The molecule has 1 aliphatic rings. The van der Waals surface area contributed by atoms with Crippen molar-refractivity contribution >= 4 is 23.9 Å². The molecule has 0 saturated carbocycles. The number of nitrogens with zero attached hydrogens (tertiary/aromatic N) is 1. The Morgan fingerprint density at radius 2 is 1.65 bits per heavy atom. The Morgan fingerprint density at radius 1 is 1.06 bits per heavy atom.